The molecule has 2 aromatic heterocycles. The Hall–Kier alpha value is -2.18. The normalized spacial score (nSPS) is 19.2. The Kier molecular flexibility index (Phi) is 2.81. The molecule has 1 saturated heterocycles. The standard InChI is InChI=1S/C12H15N5O2/c1-8-4-10(17-12(15-8)13-7-14-17)16-3-2-9(6-16)5-11(18)19/h4,7,9H,2-3,5-6H2,1H3,(H,18,19). The van der Waals surface area contributed by atoms with Crippen LogP contribution >= 0.6 is 0 Å². The quantitative estimate of drug-likeness (QED) is 0.877. The molecule has 1 fully saturated rings. The first-order chi connectivity index (χ1) is 9.13. The maximum atomic E-state index is 10.8. The number of hydrogen-bond donors (Lipinski definition) is 1. The molecule has 7 nitrogen and oxygen atoms in total. The maximum absolute atomic E-state index is 10.8. The van der Waals surface area contributed by atoms with Crippen molar-refractivity contribution in [3.63, 3.8) is 0 Å². The van der Waals surface area contributed by atoms with E-state index in [0.717, 1.165) is 31.0 Å². The van der Waals surface area contributed by atoms with Gasteiger partial charge in [0.2, 0.25) is 0 Å². The molecule has 0 aromatic carbocycles. The lowest BCUT2D eigenvalue weighted by Gasteiger charge is -2.19. The fraction of sp³-hybridized carbons (Fsp3) is 0.500. The van der Waals surface area contributed by atoms with Crippen LogP contribution in [0.2, 0.25) is 0 Å². The molecular weight excluding hydrogens is 246 g/mol. The van der Waals surface area contributed by atoms with E-state index in [2.05, 4.69) is 20.0 Å². The Bertz CT molecular complexity index is 624. The maximum Gasteiger partial charge on any atom is 0.303 e. The fourth-order valence-corrected chi connectivity index (χ4v) is 2.59. The largest absolute Gasteiger partial charge is 0.481 e. The van der Waals surface area contributed by atoms with E-state index in [1.165, 1.54) is 6.33 Å². The van der Waals surface area contributed by atoms with Crippen LogP contribution in [0, 0.1) is 12.8 Å². The lowest BCUT2D eigenvalue weighted by atomic mass is 10.1. The minimum atomic E-state index is -0.733. The Morgan fingerprint density at radius 2 is 2.42 bits per heavy atom. The van der Waals surface area contributed by atoms with E-state index in [1.54, 1.807) is 4.52 Å². The summed E-state index contributed by atoms with van der Waals surface area (Å²) in [5.74, 6) is 0.984. The number of aryl methyl sites for hydroxylation is 1. The highest BCUT2D eigenvalue weighted by atomic mass is 16.4. The van der Waals surface area contributed by atoms with Gasteiger partial charge in [0.1, 0.15) is 12.1 Å². The summed E-state index contributed by atoms with van der Waals surface area (Å²) in [6.45, 7) is 3.50. The highest BCUT2D eigenvalue weighted by molar-refractivity contribution is 5.67. The van der Waals surface area contributed by atoms with Gasteiger partial charge in [-0.05, 0) is 19.3 Å². The van der Waals surface area contributed by atoms with Crippen LogP contribution in [-0.4, -0.2) is 43.7 Å². The SMILES string of the molecule is Cc1cc(N2CCC(CC(=O)O)C2)n2ncnc2n1. The summed E-state index contributed by atoms with van der Waals surface area (Å²) < 4.78 is 1.70. The van der Waals surface area contributed by atoms with Crippen LogP contribution in [-0.2, 0) is 4.79 Å². The van der Waals surface area contributed by atoms with E-state index in [0.29, 0.717) is 5.78 Å². The van der Waals surface area contributed by atoms with Gasteiger partial charge in [-0.25, -0.2) is 4.98 Å². The second-order valence-electron chi connectivity index (χ2n) is 4.93. The van der Waals surface area contributed by atoms with Crippen molar-refractivity contribution in [2.75, 3.05) is 18.0 Å². The molecule has 0 aliphatic carbocycles. The number of hydrogen-bond acceptors (Lipinski definition) is 5. The zero-order chi connectivity index (χ0) is 13.4. The van der Waals surface area contributed by atoms with Gasteiger partial charge < -0.3 is 10.0 Å². The molecule has 19 heavy (non-hydrogen) atoms. The molecule has 3 rings (SSSR count). The second kappa shape index (κ2) is 4.49. The van der Waals surface area contributed by atoms with Crippen LogP contribution < -0.4 is 4.90 Å². The molecule has 0 radical (unpaired) electrons. The van der Waals surface area contributed by atoms with Crippen LogP contribution in [0.5, 0.6) is 0 Å². The average molecular weight is 261 g/mol. The summed E-state index contributed by atoms with van der Waals surface area (Å²) in [7, 11) is 0. The van der Waals surface area contributed by atoms with Gasteiger partial charge >= 0.3 is 5.97 Å². The molecule has 1 aliphatic rings. The molecular formula is C12H15N5O2. The second-order valence-corrected chi connectivity index (χ2v) is 4.93. The first-order valence-electron chi connectivity index (χ1n) is 6.27. The number of carboxylic acid groups (broad SMARTS) is 1. The summed E-state index contributed by atoms with van der Waals surface area (Å²) >= 11 is 0. The molecule has 1 N–H and O–H groups in total. The van der Waals surface area contributed by atoms with Gasteiger partial charge in [0.15, 0.2) is 0 Å². The van der Waals surface area contributed by atoms with E-state index < -0.39 is 5.97 Å². The fourth-order valence-electron chi connectivity index (χ4n) is 2.59. The van der Waals surface area contributed by atoms with Crippen molar-refractivity contribution < 1.29 is 9.90 Å². The van der Waals surface area contributed by atoms with Crippen LogP contribution in [0.25, 0.3) is 5.78 Å². The van der Waals surface area contributed by atoms with Crippen LogP contribution in [0.3, 0.4) is 0 Å². The average Bonchev–Trinajstić information content (AvgIpc) is 2.95. The van der Waals surface area contributed by atoms with Gasteiger partial charge in [0.05, 0.1) is 0 Å². The van der Waals surface area contributed by atoms with E-state index in [9.17, 15) is 4.79 Å². The van der Waals surface area contributed by atoms with Crippen molar-refractivity contribution in [2.45, 2.75) is 19.8 Å². The summed E-state index contributed by atoms with van der Waals surface area (Å²) in [6.07, 6.45) is 2.60. The lowest BCUT2D eigenvalue weighted by Crippen LogP contribution is -2.23. The Balaban J connectivity index is 1.89. The summed E-state index contributed by atoms with van der Waals surface area (Å²) in [5, 5.41) is 13.0. The summed E-state index contributed by atoms with van der Waals surface area (Å²) in [4.78, 5) is 21.3. The van der Waals surface area contributed by atoms with Crippen molar-refractivity contribution in [3.05, 3.63) is 18.1 Å². The van der Waals surface area contributed by atoms with Crippen LogP contribution in [0.1, 0.15) is 18.5 Å². The van der Waals surface area contributed by atoms with Crippen molar-refractivity contribution in [1.29, 1.82) is 0 Å². The predicted molar refractivity (Wildman–Crippen MR) is 68.1 cm³/mol. The van der Waals surface area contributed by atoms with Crippen LogP contribution in [0.4, 0.5) is 5.82 Å². The highest BCUT2D eigenvalue weighted by Crippen LogP contribution is 2.25. The first-order valence-corrected chi connectivity index (χ1v) is 6.27. The molecule has 2 aromatic rings. The smallest absolute Gasteiger partial charge is 0.303 e. The Morgan fingerprint density at radius 3 is 3.21 bits per heavy atom. The molecule has 1 unspecified atom stereocenters. The van der Waals surface area contributed by atoms with E-state index in [4.69, 9.17) is 5.11 Å². The number of anilines is 1. The van der Waals surface area contributed by atoms with Gasteiger partial charge in [-0.1, -0.05) is 0 Å². The topological polar surface area (TPSA) is 83.6 Å². The number of aliphatic carboxylic acids is 1. The number of nitrogens with zero attached hydrogens (tertiary/aromatic N) is 5. The van der Waals surface area contributed by atoms with E-state index >= 15 is 0 Å². The Morgan fingerprint density at radius 1 is 1.58 bits per heavy atom. The third kappa shape index (κ3) is 2.23. The number of carboxylic acids is 1. The predicted octanol–water partition coefficient (Wildman–Crippen LogP) is 0.734. The Labute approximate surface area is 109 Å². The summed E-state index contributed by atoms with van der Waals surface area (Å²) in [5.41, 5.74) is 0.886. The van der Waals surface area contributed by atoms with Gasteiger partial charge in [-0.2, -0.15) is 14.6 Å². The van der Waals surface area contributed by atoms with Gasteiger partial charge in [-0.3, -0.25) is 4.79 Å². The third-order valence-corrected chi connectivity index (χ3v) is 3.43. The zero-order valence-electron chi connectivity index (χ0n) is 10.7. The number of rotatable bonds is 3. The number of fused-ring (bicyclic) bond motifs is 1. The molecule has 0 spiro atoms. The monoisotopic (exact) mass is 261 g/mol. The molecule has 1 aliphatic heterocycles. The molecule has 7 heteroatoms. The third-order valence-electron chi connectivity index (χ3n) is 3.43. The number of carbonyl (C=O) groups is 1. The van der Waals surface area contributed by atoms with Gasteiger partial charge in [0, 0.05) is 31.3 Å². The molecule has 0 bridgehead atoms. The highest BCUT2D eigenvalue weighted by Gasteiger charge is 2.26. The molecule has 0 amide bonds. The van der Waals surface area contributed by atoms with Gasteiger partial charge in [-0.15, -0.1) is 0 Å². The molecule has 0 saturated carbocycles. The van der Waals surface area contributed by atoms with Crippen molar-refractivity contribution in [3.8, 4) is 0 Å². The molecule has 100 valence electrons. The first kappa shape index (κ1) is 11.9. The van der Waals surface area contributed by atoms with Crippen molar-refractivity contribution in [1.82, 2.24) is 19.6 Å². The van der Waals surface area contributed by atoms with E-state index in [1.807, 2.05) is 13.0 Å². The van der Waals surface area contributed by atoms with Crippen LogP contribution in [0.15, 0.2) is 12.4 Å². The molecule has 1 atom stereocenters. The summed E-state index contributed by atoms with van der Waals surface area (Å²) in [6, 6.07) is 1.96. The lowest BCUT2D eigenvalue weighted by molar-refractivity contribution is -0.137. The minimum Gasteiger partial charge on any atom is -0.481 e. The van der Waals surface area contributed by atoms with E-state index in [-0.39, 0.29) is 12.3 Å². The molecule has 3 heterocycles. The van der Waals surface area contributed by atoms with Crippen molar-refractivity contribution >= 4 is 17.6 Å². The van der Waals surface area contributed by atoms with Crippen molar-refractivity contribution in [2.24, 2.45) is 5.92 Å². The van der Waals surface area contributed by atoms with Gasteiger partial charge in [0.25, 0.3) is 5.78 Å². The zero-order valence-corrected chi connectivity index (χ0v) is 10.7. The number of aromatic nitrogens is 4. The minimum absolute atomic E-state index is 0.199.